The quantitative estimate of drug-likeness (QED) is 0.171. The van der Waals surface area contributed by atoms with Crippen LogP contribution in [0.1, 0.15) is 36.6 Å². The zero-order chi connectivity index (χ0) is 25.4. The number of rotatable bonds is 6. The number of fused-ring (bicyclic) bond motifs is 1. The van der Waals surface area contributed by atoms with Crippen molar-refractivity contribution in [2.45, 2.75) is 6.61 Å². The molecule has 0 saturated heterocycles. The van der Waals surface area contributed by atoms with Crippen LogP contribution in [0.2, 0.25) is 15.1 Å². The molecule has 2 amide bonds. The summed E-state index contributed by atoms with van der Waals surface area (Å²) in [5, 5.41) is 10.9. The van der Waals surface area contributed by atoms with Crippen molar-refractivity contribution < 1.29 is 28.8 Å². The highest BCUT2D eigenvalue weighted by atomic mass is 35.5. The maximum atomic E-state index is 12.9. The first kappa shape index (κ1) is 24.5. The standard InChI is InChI=1S/C23H13Cl3N2O7/c1-34-20-9-19(27-21(29)13-6-16(24)17(25)7-14(13)22(27)30)18(26)8-15(20)23(31)35-10-11-2-4-12(5-3-11)28(32)33/h2-9H,10H2,1H3. The Kier molecular flexibility index (Phi) is 6.66. The number of nitrogens with zero attached hydrogens (tertiary/aromatic N) is 2. The number of nitro groups is 1. The van der Waals surface area contributed by atoms with Gasteiger partial charge in [0.25, 0.3) is 17.5 Å². The fourth-order valence-corrected chi connectivity index (χ4v) is 4.01. The number of hydrogen-bond acceptors (Lipinski definition) is 7. The average Bonchev–Trinajstić information content (AvgIpc) is 3.07. The number of methoxy groups -OCH3 is 1. The van der Waals surface area contributed by atoms with Crippen LogP contribution in [0.5, 0.6) is 5.75 Å². The predicted molar refractivity (Wildman–Crippen MR) is 128 cm³/mol. The molecule has 0 aliphatic carbocycles. The van der Waals surface area contributed by atoms with Crippen LogP contribution >= 0.6 is 34.8 Å². The third-order valence-corrected chi connectivity index (χ3v) is 6.20. The molecule has 0 fully saturated rings. The first-order valence-electron chi connectivity index (χ1n) is 9.78. The van der Waals surface area contributed by atoms with Gasteiger partial charge in [-0.05, 0) is 35.9 Å². The summed E-state index contributed by atoms with van der Waals surface area (Å²) in [5.74, 6) is -2.12. The summed E-state index contributed by atoms with van der Waals surface area (Å²) in [5.41, 5.74) is 0.493. The second-order valence-corrected chi connectivity index (χ2v) is 8.48. The fraction of sp³-hybridized carbons (Fsp3) is 0.0870. The van der Waals surface area contributed by atoms with Crippen LogP contribution in [0.3, 0.4) is 0 Å². The highest BCUT2D eigenvalue weighted by Gasteiger charge is 2.39. The number of non-ortho nitro benzene ring substituents is 1. The number of carbonyl (C=O) groups is 3. The Bertz CT molecular complexity index is 1370. The Morgan fingerprint density at radius 1 is 0.943 bits per heavy atom. The zero-order valence-corrected chi connectivity index (χ0v) is 20.0. The number of benzene rings is 3. The minimum Gasteiger partial charge on any atom is -0.496 e. The number of imide groups is 1. The lowest BCUT2D eigenvalue weighted by Gasteiger charge is -2.18. The van der Waals surface area contributed by atoms with Crippen LogP contribution in [0.15, 0.2) is 48.5 Å². The van der Waals surface area contributed by atoms with Crippen LogP contribution in [0, 0.1) is 10.1 Å². The SMILES string of the molecule is COc1cc(N2C(=O)c3cc(Cl)c(Cl)cc3C2=O)c(Cl)cc1C(=O)OCc1ccc([N+](=O)[O-])cc1. The fourth-order valence-electron chi connectivity index (χ4n) is 3.44. The Hall–Kier alpha value is -3.66. The maximum absolute atomic E-state index is 12.9. The van der Waals surface area contributed by atoms with E-state index in [2.05, 4.69) is 0 Å². The van der Waals surface area contributed by atoms with Gasteiger partial charge in [-0.2, -0.15) is 0 Å². The normalized spacial score (nSPS) is 12.5. The topological polar surface area (TPSA) is 116 Å². The van der Waals surface area contributed by atoms with Crippen LogP contribution in [0.25, 0.3) is 0 Å². The molecule has 1 aliphatic heterocycles. The van der Waals surface area contributed by atoms with E-state index in [4.69, 9.17) is 44.3 Å². The lowest BCUT2D eigenvalue weighted by Crippen LogP contribution is -2.29. The maximum Gasteiger partial charge on any atom is 0.342 e. The molecule has 35 heavy (non-hydrogen) atoms. The molecule has 3 aromatic rings. The number of nitro benzene ring substituents is 1. The minimum absolute atomic E-state index is 0.00530. The number of hydrogen-bond donors (Lipinski definition) is 0. The molecule has 9 nitrogen and oxygen atoms in total. The van der Waals surface area contributed by atoms with Gasteiger partial charge in [-0.15, -0.1) is 0 Å². The average molecular weight is 536 g/mol. The van der Waals surface area contributed by atoms with Crippen LogP contribution in [-0.2, 0) is 11.3 Å². The Morgan fingerprint density at radius 2 is 1.51 bits per heavy atom. The number of ether oxygens (including phenoxy) is 2. The molecule has 1 heterocycles. The highest BCUT2D eigenvalue weighted by molar-refractivity contribution is 6.45. The van der Waals surface area contributed by atoms with Gasteiger partial charge >= 0.3 is 5.97 Å². The molecule has 1 aliphatic rings. The predicted octanol–water partition coefficient (Wildman–Crippen LogP) is 5.72. The zero-order valence-electron chi connectivity index (χ0n) is 17.7. The van der Waals surface area contributed by atoms with Gasteiger partial charge in [-0.1, -0.05) is 34.8 Å². The van der Waals surface area contributed by atoms with Crippen molar-refractivity contribution >= 4 is 64.0 Å². The molecule has 0 atom stereocenters. The smallest absolute Gasteiger partial charge is 0.342 e. The highest BCUT2D eigenvalue weighted by Crippen LogP contribution is 2.39. The summed E-state index contributed by atoms with van der Waals surface area (Å²) in [6, 6.07) is 10.6. The molecule has 0 saturated carbocycles. The molecular formula is C23H13Cl3N2O7. The largest absolute Gasteiger partial charge is 0.496 e. The van der Waals surface area contributed by atoms with Gasteiger partial charge in [0, 0.05) is 18.2 Å². The van der Waals surface area contributed by atoms with Gasteiger partial charge in [-0.25, -0.2) is 9.69 Å². The van der Waals surface area contributed by atoms with E-state index >= 15 is 0 Å². The summed E-state index contributed by atoms with van der Waals surface area (Å²) in [4.78, 5) is 49.6. The van der Waals surface area contributed by atoms with E-state index in [1.807, 2.05) is 0 Å². The molecular weight excluding hydrogens is 523 g/mol. The van der Waals surface area contributed by atoms with Crippen LogP contribution in [0.4, 0.5) is 11.4 Å². The monoisotopic (exact) mass is 534 g/mol. The van der Waals surface area contributed by atoms with E-state index in [1.54, 1.807) is 0 Å². The van der Waals surface area contributed by atoms with E-state index in [1.165, 1.54) is 55.6 Å². The van der Waals surface area contributed by atoms with E-state index in [0.717, 1.165) is 4.90 Å². The van der Waals surface area contributed by atoms with Gasteiger partial charge in [0.05, 0.1) is 43.9 Å². The second kappa shape index (κ2) is 9.53. The van der Waals surface area contributed by atoms with E-state index in [9.17, 15) is 24.5 Å². The van der Waals surface area contributed by atoms with Crippen molar-refractivity contribution in [3.63, 3.8) is 0 Å². The van der Waals surface area contributed by atoms with Crippen molar-refractivity contribution in [1.82, 2.24) is 0 Å². The van der Waals surface area contributed by atoms with Crippen molar-refractivity contribution in [2.75, 3.05) is 12.0 Å². The number of esters is 1. The Labute approximate surface area is 212 Å². The van der Waals surface area contributed by atoms with E-state index in [-0.39, 0.29) is 55.5 Å². The number of amides is 2. The van der Waals surface area contributed by atoms with Crippen molar-refractivity contribution in [1.29, 1.82) is 0 Å². The summed E-state index contributed by atoms with van der Waals surface area (Å²) in [6.07, 6.45) is 0. The van der Waals surface area contributed by atoms with Crippen molar-refractivity contribution in [2.24, 2.45) is 0 Å². The molecule has 0 bridgehead atoms. The molecule has 0 aromatic heterocycles. The molecule has 4 rings (SSSR count). The van der Waals surface area contributed by atoms with E-state index in [0.29, 0.717) is 5.56 Å². The van der Waals surface area contributed by atoms with Gasteiger partial charge in [0.1, 0.15) is 17.9 Å². The number of halogens is 3. The Balaban J connectivity index is 1.60. The number of anilines is 1. The first-order chi connectivity index (χ1) is 16.6. The van der Waals surface area contributed by atoms with Gasteiger partial charge in [-0.3, -0.25) is 19.7 Å². The molecule has 0 radical (unpaired) electrons. The van der Waals surface area contributed by atoms with Crippen molar-refractivity contribution in [3.05, 3.63) is 96.0 Å². The third kappa shape index (κ3) is 4.53. The lowest BCUT2D eigenvalue weighted by atomic mass is 10.1. The molecule has 0 N–H and O–H groups in total. The molecule has 0 unspecified atom stereocenters. The second-order valence-electron chi connectivity index (χ2n) is 7.26. The van der Waals surface area contributed by atoms with Crippen LogP contribution < -0.4 is 9.64 Å². The number of carbonyl (C=O) groups excluding carboxylic acids is 3. The molecule has 178 valence electrons. The van der Waals surface area contributed by atoms with Crippen LogP contribution in [-0.4, -0.2) is 29.8 Å². The Morgan fingerprint density at radius 3 is 2.03 bits per heavy atom. The summed E-state index contributed by atoms with van der Waals surface area (Å²) < 4.78 is 10.5. The summed E-state index contributed by atoms with van der Waals surface area (Å²) in [6.45, 7) is -0.167. The summed E-state index contributed by atoms with van der Waals surface area (Å²) in [7, 11) is 1.29. The molecule has 3 aromatic carbocycles. The van der Waals surface area contributed by atoms with Gasteiger partial charge < -0.3 is 9.47 Å². The summed E-state index contributed by atoms with van der Waals surface area (Å²) >= 11 is 18.3. The van der Waals surface area contributed by atoms with E-state index < -0.39 is 22.7 Å². The minimum atomic E-state index is -0.797. The molecule has 12 heteroatoms. The molecule has 0 spiro atoms. The van der Waals surface area contributed by atoms with Crippen molar-refractivity contribution in [3.8, 4) is 5.75 Å². The third-order valence-electron chi connectivity index (χ3n) is 5.17. The van der Waals surface area contributed by atoms with Gasteiger partial charge in [0.2, 0.25) is 0 Å². The lowest BCUT2D eigenvalue weighted by molar-refractivity contribution is -0.384. The van der Waals surface area contributed by atoms with Gasteiger partial charge in [0.15, 0.2) is 0 Å². The first-order valence-corrected chi connectivity index (χ1v) is 10.9.